The van der Waals surface area contributed by atoms with Crippen LogP contribution in [0.25, 0.3) is 5.82 Å². The molecule has 0 aliphatic heterocycles. The van der Waals surface area contributed by atoms with Gasteiger partial charge in [-0.1, -0.05) is 6.92 Å². The normalized spacial score (nSPS) is 11.6. The number of hydrogen-bond acceptors (Lipinski definition) is 6. The summed E-state index contributed by atoms with van der Waals surface area (Å²) in [6.45, 7) is 2.58. The molecule has 0 aliphatic rings. The van der Waals surface area contributed by atoms with Crippen LogP contribution in [0.2, 0.25) is 0 Å². The summed E-state index contributed by atoms with van der Waals surface area (Å²) in [5.41, 5.74) is 5.96. The highest BCUT2D eigenvalue weighted by Gasteiger charge is 2.24. The van der Waals surface area contributed by atoms with E-state index in [1.807, 2.05) is 6.92 Å². The highest BCUT2D eigenvalue weighted by atomic mass is 79.9. The summed E-state index contributed by atoms with van der Waals surface area (Å²) in [4.78, 5) is 4.18. The van der Waals surface area contributed by atoms with E-state index < -0.39 is 9.84 Å². The molecule has 7 nitrogen and oxygen atoms in total. The van der Waals surface area contributed by atoms with Crippen molar-refractivity contribution < 1.29 is 8.42 Å². The van der Waals surface area contributed by atoms with Crippen LogP contribution in [0.5, 0.6) is 0 Å². The van der Waals surface area contributed by atoms with E-state index in [2.05, 4.69) is 31.3 Å². The molecule has 21 heavy (non-hydrogen) atoms. The number of sulfone groups is 1. The Kier molecular flexibility index (Phi) is 4.52. The predicted octanol–water partition coefficient (Wildman–Crippen LogP) is 1.84. The Morgan fingerprint density at radius 2 is 2.14 bits per heavy atom. The van der Waals surface area contributed by atoms with E-state index in [4.69, 9.17) is 5.73 Å². The van der Waals surface area contributed by atoms with Gasteiger partial charge in [0, 0.05) is 23.5 Å². The molecule has 0 bridgehead atoms. The molecule has 0 aromatic carbocycles. The van der Waals surface area contributed by atoms with Gasteiger partial charge in [0.15, 0.2) is 26.4 Å². The van der Waals surface area contributed by atoms with Crippen molar-refractivity contribution in [2.24, 2.45) is 0 Å². The van der Waals surface area contributed by atoms with Crippen molar-refractivity contribution in [2.75, 3.05) is 23.9 Å². The number of pyridine rings is 1. The van der Waals surface area contributed by atoms with Gasteiger partial charge in [-0.05, 0) is 34.5 Å². The van der Waals surface area contributed by atoms with Gasteiger partial charge < -0.3 is 11.1 Å². The lowest BCUT2D eigenvalue weighted by molar-refractivity contribution is 0.602. The smallest absolute Gasteiger partial charge is 0.182 e. The first-order chi connectivity index (χ1) is 9.84. The molecule has 0 unspecified atom stereocenters. The van der Waals surface area contributed by atoms with Crippen molar-refractivity contribution in [1.82, 2.24) is 14.8 Å². The van der Waals surface area contributed by atoms with Crippen LogP contribution in [-0.4, -0.2) is 36.0 Å². The summed E-state index contributed by atoms with van der Waals surface area (Å²) in [5.74, 6) is 0.748. The average Bonchev–Trinajstić information content (AvgIpc) is 2.74. The number of nitrogens with one attached hydrogen (secondary N) is 1. The molecule has 9 heteroatoms. The van der Waals surface area contributed by atoms with Gasteiger partial charge in [-0.25, -0.2) is 13.4 Å². The Morgan fingerprint density at radius 1 is 1.43 bits per heavy atom. The minimum Gasteiger partial charge on any atom is -0.382 e. The van der Waals surface area contributed by atoms with Gasteiger partial charge in [-0.2, -0.15) is 4.68 Å². The number of nitrogen functional groups attached to an aromatic ring is 1. The van der Waals surface area contributed by atoms with Crippen molar-refractivity contribution in [3.63, 3.8) is 0 Å². The predicted molar refractivity (Wildman–Crippen MR) is 85.4 cm³/mol. The van der Waals surface area contributed by atoms with Gasteiger partial charge in [-0.3, -0.25) is 0 Å². The van der Waals surface area contributed by atoms with Crippen LogP contribution in [0.1, 0.15) is 13.3 Å². The number of halogens is 1. The quantitative estimate of drug-likeness (QED) is 0.828. The van der Waals surface area contributed by atoms with Gasteiger partial charge in [0.1, 0.15) is 5.82 Å². The molecule has 2 aromatic heterocycles. The number of nitrogens with two attached hydrogens (primary N) is 1. The van der Waals surface area contributed by atoms with Crippen LogP contribution in [0.15, 0.2) is 27.7 Å². The van der Waals surface area contributed by atoms with Crippen LogP contribution in [0.4, 0.5) is 11.6 Å². The maximum Gasteiger partial charge on any atom is 0.182 e. The molecular weight excluding hydrogens is 358 g/mol. The summed E-state index contributed by atoms with van der Waals surface area (Å²) >= 11 is 3.29. The minimum atomic E-state index is -3.50. The Morgan fingerprint density at radius 3 is 2.67 bits per heavy atom. The summed E-state index contributed by atoms with van der Waals surface area (Å²) in [6.07, 6.45) is 3.54. The topological polar surface area (TPSA) is 103 Å². The van der Waals surface area contributed by atoms with E-state index in [0.29, 0.717) is 12.4 Å². The molecule has 2 rings (SSSR count). The molecule has 0 amide bonds. The van der Waals surface area contributed by atoms with Gasteiger partial charge in [-0.15, -0.1) is 5.10 Å². The fraction of sp³-hybridized carbons (Fsp3) is 0.333. The van der Waals surface area contributed by atoms with E-state index in [-0.39, 0.29) is 16.5 Å². The van der Waals surface area contributed by atoms with Crippen LogP contribution < -0.4 is 11.1 Å². The SMILES string of the molecule is CCCNc1nn(-c2ccc(Br)cn2)c(N)c1S(C)(=O)=O. The molecule has 0 aliphatic carbocycles. The van der Waals surface area contributed by atoms with E-state index in [9.17, 15) is 8.42 Å². The Balaban J connectivity index is 2.58. The molecule has 114 valence electrons. The van der Waals surface area contributed by atoms with E-state index in [1.165, 1.54) is 4.68 Å². The Hall–Kier alpha value is -1.61. The average molecular weight is 374 g/mol. The molecule has 2 heterocycles. The third-order valence-electron chi connectivity index (χ3n) is 2.72. The fourth-order valence-corrected chi connectivity index (χ4v) is 2.97. The first-order valence-electron chi connectivity index (χ1n) is 6.29. The third-order valence-corrected chi connectivity index (χ3v) is 4.33. The zero-order valence-electron chi connectivity index (χ0n) is 11.7. The zero-order chi connectivity index (χ0) is 15.6. The third kappa shape index (κ3) is 3.35. The van der Waals surface area contributed by atoms with Crippen LogP contribution in [0.3, 0.4) is 0 Å². The first kappa shape index (κ1) is 15.8. The molecule has 0 saturated heterocycles. The molecule has 0 radical (unpaired) electrons. The molecule has 0 spiro atoms. The number of anilines is 2. The zero-order valence-corrected chi connectivity index (χ0v) is 14.1. The van der Waals surface area contributed by atoms with Crippen LogP contribution in [0, 0.1) is 0 Å². The second-order valence-electron chi connectivity index (χ2n) is 4.51. The lowest BCUT2D eigenvalue weighted by atomic mass is 10.4. The van der Waals surface area contributed by atoms with Crippen LogP contribution >= 0.6 is 15.9 Å². The largest absolute Gasteiger partial charge is 0.382 e. The summed E-state index contributed by atoms with van der Waals surface area (Å²) < 4.78 is 26.0. The molecule has 0 atom stereocenters. The monoisotopic (exact) mass is 373 g/mol. The number of rotatable bonds is 5. The van der Waals surface area contributed by atoms with Crippen molar-refractivity contribution in [3.8, 4) is 5.82 Å². The molecular formula is C12H16BrN5O2S. The number of aromatic nitrogens is 3. The van der Waals surface area contributed by atoms with E-state index in [1.54, 1.807) is 18.3 Å². The van der Waals surface area contributed by atoms with Crippen molar-refractivity contribution in [1.29, 1.82) is 0 Å². The summed E-state index contributed by atoms with van der Waals surface area (Å²) in [5, 5.41) is 7.22. The van der Waals surface area contributed by atoms with Gasteiger partial charge in [0.25, 0.3) is 0 Å². The molecule has 0 saturated carbocycles. The van der Waals surface area contributed by atoms with Gasteiger partial charge in [0.05, 0.1) is 0 Å². The highest BCUT2D eigenvalue weighted by Crippen LogP contribution is 2.29. The second-order valence-corrected chi connectivity index (χ2v) is 7.38. The second kappa shape index (κ2) is 6.02. The summed E-state index contributed by atoms with van der Waals surface area (Å²) in [7, 11) is -3.50. The molecule has 0 fully saturated rings. The van der Waals surface area contributed by atoms with Crippen molar-refractivity contribution in [3.05, 3.63) is 22.8 Å². The van der Waals surface area contributed by atoms with E-state index in [0.717, 1.165) is 17.1 Å². The van der Waals surface area contributed by atoms with Crippen molar-refractivity contribution in [2.45, 2.75) is 18.2 Å². The highest BCUT2D eigenvalue weighted by molar-refractivity contribution is 9.10. The number of hydrogen-bond donors (Lipinski definition) is 2. The molecule has 2 aromatic rings. The van der Waals surface area contributed by atoms with E-state index >= 15 is 0 Å². The maximum atomic E-state index is 11.9. The van der Waals surface area contributed by atoms with Gasteiger partial charge in [0.2, 0.25) is 0 Å². The minimum absolute atomic E-state index is 0.000619. The lowest BCUT2D eigenvalue weighted by Crippen LogP contribution is -2.07. The Labute approximate surface area is 131 Å². The summed E-state index contributed by atoms with van der Waals surface area (Å²) in [6, 6.07) is 3.48. The number of nitrogens with zero attached hydrogens (tertiary/aromatic N) is 3. The Bertz CT molecular complexity index is 740. The van der Waals surface area contributed by atoms with Crippen molar-refractivity contribution >= 4 is 37.4 Å². The lowest BCUT2D eigenvalue weighted by Gasteiger charge is -2.03. The van der Waals surface area contributed by atoms with Crippen LogP contribution in [-0.2, 0) is 9.84 Å². The maximum absolute atomic E-state index is 11.9. The van der Waals surface area contributed by atoms with Gasteiger partial charge >= 0.3 is 0 Å². The fourth-order valence-electron chi connectivity index (χ4n) is 1.81. The standard InChI is InChI=1S/C12H16BrN5O2S/c1-3-6-15-12-10(21(2,19)20)11(14)18(17-12)9-5-4-8(13)7-16-9/h4-5,7H,3,6,14H2,1-2H3,(H,15,17). The molecule has 3 N–H and O–H groups in total. The first-order valence-corrected chi connectivity index (χ1v) is 8.97.